The monoisotopic (exact) mass is 311 g/mol. The third kappa shape index (κ3) is 2.94. The van der Waals surface area contributed by atoms with E-state index in [1.54, 1.807) is 0 Å². The number of rotatable bonds is 7. The van der Waals surface area contributed by atoms with Crippen LogP contribution in [0.5, 0.6) is 0 Å². The van der Waals surface area contributed by atoms with Gasteiger partial charge in [-0.3, -0.25) is 0 Å². The standard InChI is InChI=1S/C15H26ClN5/c1-6-19(7-2)10-11(4)21-13(9-16)17-14-12(5)18-20(8-3)15(14)21/h11H,6-10H2,1-5H3. The molecule has 2 rings (SSSR count). The van der Waals surface area contributed by atoms with Crippen molar-refractivity contribution in [2.24, 2.45) is 0 Å². The number of halogens is 1. The first-order valence-corrected chi connectivity index (χ1v) is 8.33. The second-order valence-corrected chi connectivity index (χ2v) is 5.71. The molecule has 0 bridgehead atoms. The van der Waals surface area contributed by atoms with Crippen LogP contribution in [0.2, 0.25) is 0 Å². The lowest BCUT2D eigenvalue weighted by atomic mass is 10.3. The topological polar surface area (TPSA) is 38.9 Å². The normalized spacial score (nSPS) is 13.5. The zero-order chi connectivity index (χ0) is 15.6. The van der Waals surface area contributed by atoms with Gasteiger partial charge in [0.1, 0.15) is 11.3 Å². The molecule has 0 aliphatic rings. The van der Waals surface area contributed by atoms with E-state index in [-0.39, 0.29) is 0 Å². The summed E-state index contributed by atoms with van der Waals surface area (Å²) in [6, 6.07) is 0.324. The molecule has 0 fully saturated rings. The highest BCUT2D eigenvalue weighted by Gasteiger charge is 2.22. The van der Waals surface area contributed by atoms with Crippen LogP contribution >= 0.6 is 11.6 Å². The molecule has 0 N–H and O–H groups in total. The van der Waals surface area contributed by atoms with Crippen LogP contribution in [0, 0.1) is 6.92 Å². The summed E-state index contributed by atoms with van der Waals surface area (Å²) in [6.07, 6.45) is 0. The molecule has 118 valence electrons. The van der Waals surface area contributed by atoms with Crippen LogP contribution in [-0.2, 0) is 12.4 Å². The molecule has 2 aromatic rings. The first-order valence-electron chi connectivity index (χ1n) is 7.79. The molecule has 5 nitrogen and oxygen atoms in total. The number of fused-ring (bicyclic) bond motifs is 1. The van der Waals surface area contributed by atoms with Gasteiger partial charge in [-0.2, -0.15) is 5.10 Å². The summed E-state index contributed by atoms with van der Waals surface area (Å²) in [7, 11) is 0. The molecule has 1 atom stereocenters. The van der Waals surface area contributed by atoms with Gasteiger partial charge in [-0.25, -0.2) is 9.67 Å². The predicted molar refractivity (Wildman–Crippen MR) is 88.0 cm³/mol. The average Bonchev–Trinajstić information content (AvgIpc) is 3.02. The Morgan fingerprint density at radius 2 is 1.90 bits per heavy atom. The van der Waals surface area contributed by atoms with Gasteiger partial charge in [-0.15, -0.1) is 11.6 Å². The van der Waals surface area contributed by atoms with Crippen molar-refractivity contribution in [3.8, 4) is 0 Å². The van der Waals surface area contributed by atoms with E-state index in [0.29, 0.717) is 11.9 Å². The Hall–Kier alpha value is -1.07. The average molecular weight is 312 g/mol. The van der Waals surface area contributed by atoms with Crippen LogP contribution in [0.25, 0.3) is 11.2 Å². The molecule has 0 aliphatic heterocycles. The molecular weight excluding hydrogens is 286 g/mol. The van der Waals surface area contributed by atoms with E-state index in [1.165, 1.54) is 0 Å². The van der Waals surface area contributed by atoms with Gasteiger partial charge in [-0.05, 0) is 33.9 Å². The number of aryl methyl sites for hydroxylation is 2. The highest BCUT2D eigenvalue weighted by Crippen LogP contribution is 2.25. The molecule has 0 saturated carbocycles. The summed E-state index contributed by atoms with van der Waals surface area (Å²) in [4.78, 5) is 7.13. The third-order valence-electron chi connectivity index (χ3n) is 4.09. The first-order chi connectivity index (χ1) is 10.1. The molecule has 2 aromatic heterocycles. The Labute approximate surface area is 131 Å². The lowest BCUT2D eigenvalue weighted by Crippen LogP contribution is -2.30. The van der Waals surface area contributed by atoms with Crippen LogP contribution in [0.4, 0.5) is 0 Å². The highest BCUT2D eigenvalue weighted by molar-refractivity contribution is 6.16. The Balaban J connectivity index is 2.49. The van der Waals surface area contributed by atoms with Gasteiger partial charge in [0, 0.05) is 19.1 Å². The molecule has 21 heavy (non-hydrogen) atoms. The Morgan fingerprint density at radius 1 is 1.24 bits per heavy atom. The summed E-state index contributed by atoms with van der Waals surface area (Å²) in [5.41, 5.74) is 3.07. The maximum Gasteiger partial charge on any atom is 0.159 e. The molecule has 0 aromatic carbocycles. The maximum atomic E-state index is 6.13. The van der Waals surface area contributed by atoms with Crippen molar-refractivity contribution < 1.29 is 0 Å². The number of aromatic nitrogens is 4. The number of hydrogen-bond acceptors (Lipinski definition) is 3. The predicted octanol–water partition coefficient (Wildman–Crippen LogP) is 3.20. The summed E-state index contributed by atoms with van der Waals surface area (Å²) < 4.78 is 4.30. The molecule has 0 spiro atoms. The van der Waals surface area contributed by atoms with Crippen molar-refractivity contribution in [1.29, 1.82) is 0 Å². The van der Waals surface area contributed by atoms with E-state index < -0.39 is 0 Å². The van der Waals surface area contributed by atoms with Gasteiger partial charge >= 0.3 is 0 Å². The minimum Gasteiger partial charge on any atom is -0.308 e. The number of hydrogen-bond donors (Lipinski definition) is 0. The van der Waals surface area contributed by atoms with E-state index in [9.17, 15) is 0 Å². The van der Waals surface area contributed by atoms with E-state index in [0.717, 1.165) is 48.9 Å². The van der Waals surface area contributed by atoms with E-state index in [2.05, 4.69) is 42.3 Å². The van der Waals surface area contributed by atoms with Crippen LogP contribution in [-0.4, -0.2) is 43.9 Å². The molecule has 0 saturated heterocycles. The van der Waals surface area contributed by atoms with Crippen molar-refractivity contribution in [3.63, 3.8) is 0 Å². The quantitative estimate of drug-likeness (QED) is 0.737. The van der Waals surface area contributed by atoms with E-state index in [1.807, 2.05) is 11.6 Å². The molecule has 2 heterocycles. The molecule has 0 radical (unpaired) electrons. The van der Waals surface area contributed by atoms with Gasteiger partial charge < -0.3 is 9.47 Å². The molecule has 0 amide bonds. The Morgan fingerprint density at radius 3 is 2.43 bits per heavy atom. The lowest BCUT2D eigenvalue weighted by molar-refractivity contribution is 0.260. The third-order valence-corrected chi connectivity index (χ3v) is 4.33. The number of imidazole rings is 1. The first kappa shape index (κ1) is 16.3. The van der Waals surface area contributed by atoms with Crippen LogP contribution in [0.15, 0.2) is 0 Å². The summed E-state index contributed by atoms with van der Waals surface area (Å²) >= 11 is 6.13. The van der Waals surface area contributed by atoms with Gasteiger partial charge in [0.2, 0.25) is 0 Å². The van der Waals surface area contributed by atoms with Crippen molar-refractivity contribution in [2.45, 2.75) is 53.1 Å². The highest BCUT2D eigenvalue weighted by atomic mass is 35.5. The van der Waals surface area contributed by atoms with Crippen molar-refractivity contribution in [1.82, 2.24) is 24.2 Å². The number of likely N-dealkylation sites (N-methyl/N-ethyl adjacent to an activating group) is 1. The summed E-state index contributed by atoms with van der Waals surface area (Å²) in [5.74, 6) is 1.37. The fraction of sp³-hybridized carbons (Fsp3) is 0.733. The summed E-state index contributed by atoms with van der Waals surface area (Å²) in [6.45, 7) is 14.7. The van der Waals surface area contributed by atoms with Gasteiger partial charge in [0.15, 0.2) is 5.65 Å². The van der Waals surface area contributed by atoms with Gasteiger partial charge in [0.25, 0.3) is 0 Å². The van der Waals surface area contributed by atoms with Crippen LogP contribution in [0.3, 0.4) is 0 Å². The largest absolute Gasteiger partial charge is 0.308 e. The SMILES string of the molecule is CCN(CC)CC(C)n1c(CCl)nc2c(C)nn(CC)c21. The van der Waals surface area contributed by atoms with E-state index >= 15 is 0 Å². The Kier molecular flexibility index (Phi) is 5.27. The van der Waals surface area contributed by atoms with Crippen LogP contribution < -0.4 is 0 Å². The molecule has 1 unspecified atom stereocenters. The molecule has 6 heteroatoms. The second-order valence-electron chi connectivity index (χ2n) is 5.44. The van der Waals surface area contributed by atoms with Crippen molar-refractivity contribution in [2.75, 3.05) is 19.6 Å². The van der Waals surface area contributed by atoms with Crippen LogP contribution in [0.1, 0.15) is 45.3 Å². The maximum absolute atomic E-state index is 6.13. The summed E-state index contributed by atoms with van der Waals surface area (Å²) in [5, 5.41) is 4.58. The zero-order valence-corrected chi connectivity index (χ0v) is 14.5. The van der Waals surface area contributed by atoms with Crippen molar-refractivity contribution >= 4 is 22.8 Å². The molecule has 0 aliphatic carbocycles. The number of nitrogens with zero attached hydrogens (tertiary/aromatic N) is 5. The zero-order valence-electron chi connectivity index (χ0n) is 13.7. The lowest BCUT2D eigenvalue weighted by Gasteiger charge is -2.25. The van der Waals surface area contributed by atoms with E-state index in [4.69, 9.17) is 16.6 Å². The Bertz CT molecular complexity index is 597. The van der Waals surface area contributed by atoms with Gasteiger partial charge in [-0.1, -0.05) is 13.8 Å². The van der Waals surface area contributed by atoms with Gasteiger partial charge in [0.05, 0.1) is 11.6 Å². The smallest absolute Gasteiger partial charge is 0.159 e. The fourth-order valence-corrected chi connectivity index (χ4v) is 3.14. The fourth-order valence-electron chi connectivity index (χ4n) is 2.95. The minimum atomic E-state index is 0.324. The molecular formula is C15H26ClN5. The second kappa shape index (κ2) is 6.79. The number of alkyl halides is 1. The minimum absolute atomic E-state index is 0.324. The van der Waals surface area contributed by atoms with Crippen molar-refractivity contribution in [3.05, 3.63) is 11.5 Å².